The van der Waals surface area contributed by atoms with Crippen molar-refractivity contribution in [3.63, 3.8) is 0 Å². The summed E-state index contributed by atoms with van der Waals surface area (Å²) in [6, 6.07) is 8.57. The van der Waals surface area contributed by atoms with Crippen LogP contribution in [0.3, 0.4) is 0 Å². The lowest BCUT2D eigenvalue weighted by molar-refractivity contribution is -0.135. The van der Waals surface area contributed by atoms with Gasteiger partial charge in [-0.3, -0.25) is 19.5 Å². The van der Waals surface area contributed by atoms with Gasteiger partial charge >= 0.3 is 0 Å². The molecule has 0 spiro atoms. The minimum atomic E-state index is -0.392. The van der Waals surface area contributed by atoms with Crippen LogP contribution in [0.2, 0.25) is 0 Å². The average Bonchev–Trinajstić information content (AvgIpc) is 2.73. The highest BCUT2D eigenvalue weighted by Gasteiger charge is 2.33. The summed E-state index contributed by atoms with van der Waals surface area (Å²) in [7, 11) is 0. The highest BCUT2D eigenvalue weighted by atomic mass is 16.5. The second-order valence-corrected chi connectivity index (χ2v) is 6.50. The van der Waals surface area contributed by atoms with Crippen LogP contribution in [0, 0.1) is 0 Å². The molecule has 1 aromatic heterocycles. The van der Waals surface area contributed by atoms with Crippen LogP contribution in [0.4, 0.5) is 11.4 Å². The monoisotopic (exact) mass is 380 g/mol. The van der Waals surface area contributed by atoms with Crippen molar-refractivity contribution in [2.45, 2.75) is 0 Å². The van der Waals surface area contributed by atoms with E-state index in [2.05, 4.69) is 4.98 Å². The van der Waals surface area contributed by atoms with Crippen LogP contribution >= 0.6 is 0 Å². The molecular formula is C20H20N4O4. The lowest BCUT2D eigenvalue weighted by Gasteiger charge is -2.33. The molecule has 0 atom stereocenters. The third-order valence-electron chi connectivity index (χ3n) is 4.61. The van der Waals surface area contributed by atoms with Gasteiger partial charge in [0.05, 0.1) is 18.9 Å². The van der Waals surface area contributed by atoms with Gasteiger partial charge in [-0.15, -0.1) is 0 Å². The lowest BCUT2D eigenvalue weighted by Crippen LogP contribution is -2.48. The maximum Gasteiger partial charge on any atom is 0.294 e. The summed E-state index contributed by atoms with van der Waals surface area (Å²) < 4.78 is 11.1. The van der Waals surface area contributed by atoms with E-state index < -0.39 is 5.91 Å². The number of hydrogen-bond acceptors (Lipinski definition) is 6. The number of fused-ring (bicyclic) bond motifs is 1. The van der Waals surface area contributed by atoms with Crippen molar-refractivity contribution < 1.29 is 19.1 Å². The molecule has 144 valence electrons. The van der Waals surface area contributed by atoms with Gasteiger partial charge in [0.1, 0.15) is 6.54 Å². The molecular weight excluding hydrogens is 360 g/mol. The molecule has 1 fully saturated rings. The second-order valence-electron chi connectivity index (χ2n) is 6.50. The van der Waals surface area contributed by atoms with Crippen LogP contribution in [0.25, 0.3) is 6.08 Å². The number of carbonyl (C=O) groups is 2. The van der Waals surface area contributed by atoms with E-state index in [9.17, 15) is 9.59 Å². The largest absolute Gasteiger partial charge is 0.449 e. The summed E-state index contributed by atoms with van der Waals surface area (Å²) in [4.78, 5) is 32.9. The van der Waals surface area contributed by atoms with Crippen molar-refractivity contribution in [3.8, 4) is 5.75 Å². The maximum atomic E-state index is 13.1. The van der Waals surface area contributed by atoms with Gasteiger partial charge < -0.3 is 20.1 Å². The third kappa shape index (κ3) is 3.67. The van der Waals surface area contributed by atoms with E-state index in [0.29, 0.717) is 43.4 Å². The summed E-state index contributed by atoms with van der Waals surface area (Å²) in [5.74, 6) is 0.0776. The van der Waals surface area contributed by atoms with Crippen LogP contribution in [0.5, 0.6) is 5.75 Å². The molecule has 8 heteroatoms. The van der Waals surface area contributed by atoms with Gasteiger partial charge in [-0.25, -0.2) is 0 Å². The van der Waals surface area contributed by atoms with Gasteiger partial charge in [-0.05, 0) is 42.0 Å². The number of benzene rings is 1. The fourth-order valence-corrected chi connectivity index (χ4v) is 3.14. The van der Waals surface area contributed by atoms with E-state index in [0.717, 1.165) is 5.56 Å². The number of nitrogen functional groups attached to an aromatic ring is 1. The summed E-state index contributed by atoms with van der Waals surface area (Å²) in [5, 5.41) is 0. The SMILES string of the molecule is Nc1ccc2c(c1)N(CC(=O)N1CCOCC1)C(=O)/C(=C\c1ccncc1)O2. The molecule has 28 heavy (non-hydrogen) atoms. The Morgan fingerprint density at radius 1 is 1.18 bits per heavy atom. The number of amides is 2. The van der Waals surface area contributed by atoms with Crippen LogP contribution in [0.1, 0.15) is 5.56 Å². The summed E-state index contributed by atoms with van der Waals surface area (Å²) in [6.45, 7) is 1.94. The Morgan fingerprint density at radius 2 is 1.93 bits per heavy atom. The Balaban J connectivity index is 1.66. The Hall–Kier alpha value is -3.39. The number of morpholine rings is 1. The predicted molar refractivity (Wildman–Crippen MR) is 103 cm³/mol. The van der Waals surface area contributed by atoms with E-state index in [1.165, 1.54) is 4.90 Å². The number of carbonyl (C=O) groups excluding carboxylic acids is 2. The molecule has 0 aliphatic carbocycles. The second kappa shape index (κ2) is 7.69. The van der Waals surface area contributed by atoms with Crippen molar-refractivity contribution >= 4 is 29.3 Å². The van der Waals surface area contributed by atoms with Gasteiger partial charge in [0.2, 0.25) is 5.91 Å². The number of nitrogens with zero attached hydrogens (tertiary/aromatic N) is 3. The smallest absolute Gasteiger partial charge is 0.294 e. The predicted octanol–water partition coefficient (Wildman–Crippen LogP) is 1.29. The zero-order chi connectivity index (χ0) is 19.5. The molecule has 3 heterocycles. The summed E-state index contributed by atoms with van der Waals surface area (Å²) in [5.41, 5.74) is 7.64. The molecule has 2 aliphatic heterocycles. The number of hydrogen-bond donors (Lipinski definition) is 1. The quantitative estimate of drug-likeness (QED) is 0.636. The van der Waals surface area contributed by atoms with Crippen LogP contribution < -0.4 is 15.4 Å². The first-order chi connectivity index (χ1) is 13.6. The van der Waals surface area contributed by atoms with Crippen molar-refractivity contribution in [1.82, 2.24) is 9.88 Å². The van der Waals surface area contributed by atoms with Crippen LogP contribution in [-0.4, -0.2) is 54.5 Å². The Morgan fingerprint density at radius 3 is 2.68 bits per heavy atom. The number of ether oxygens (including phenoxy) is 2. The molecule has 1 aromatic carbocycles. The summed E-state index contributed by atoms with van der Waals surface area (Å²) >= 11 is 0. The zero-order valence-corrected chi connectivity index (χ0v) is 15.2. The van der Waals surface area contributed by atoms with E-state index >= 15 is 0 Å². The molecule has 0 saturated carbocycles. The number of nitrogens with two attached hydrogens (primary N) is 1. The van der Waals surface area contributed by atoms with Gasteiger partial charge in [-0.2, -0.15) is 0 Å². The van der Waals surface area contributed by atoms with Crippen LogP contribution in [0.15, 0.2) is 48.5 Å². The fourth-order valence-electron chi connectivity index (χ4n) is 3.14. The van der Waals surface area contributed by atoms with Gasteiger partial charge in [0, 0.05) is 31.2 Å². The molecule has 0 radical (unpaired) electrons. The van der Waals surface area contributed by atoms with Gasteiger partial charge in [-0.1, -0.05) is 0 Å². The average molecular weight is 380 g/mol. The van der Waals surface area contributed by atoms with E-state index in [1.807, 2.05) is 0 Å². The first-order valence-corrected chi connectivity index (χ1v) is 8.98. The molecule has 2 amide bonds. The van der Waals surface area contributed by atoms with Crippen molar-refractivity contribution in [3.05, 3.63) is 54.0 Å². The molecule has 0 bridgehead atoms. The topological polar surface area (TPSA) is 98.0 Å². The maximum absolute atomic E-state index is 13.1. The van der Waals surface area contributed by atoms with Gasteiger partial charge in [0.25, 0.3) is 5.91 Å². The number of anilines is 2. The lowest BCUT2D eigenvalue weighted by atomic mass is 10.1. The van der Waals surface area contributed by atoms with Crippen molar-refractivity contribution in [1.29, 1.82) is 0 Å². The molecule has 0 unspecified atom stereocenters. The number of aromatic nitrogens is 1. The zero-order valence-electron chi connectivity index (χ0n) is 15.2. The number of rotatable bonds is 3. The van der Waals surface area contributed by atoms with E-state index in [1.54, 1.807) is 53.7 Å². The first kappa shape index (κ1) is 18.0. The molecule has 2 aromatic rings. The molecule has 4 rings (SSSR count). The highest BCUT2D eigenvalue weighted by Crippen LogP contribution is 2.37. The van der Waals surface area contributed by atoms with Crippen molar-refractivity contribution in [2.75, 3.05) is 43.5 Å². The summed E-state index contributed by atoms with van der Waals surface area (Å²) in [6.07, 6.45) is 4.90. The Labute approximate surface area is 162 Å². The Kier molecular flexibility index (Phi) is 4.94. The number of pyridine rings is 1. The van der Waals surface area contributed by atoms with E-state index in [4.69, 9.17) is 15.2 Å². The Bertz CT molecular complexity index is 923. The molecule has 8 nitrogen and oxygen atoms in total. The standard InChI is InChI=1S/C20H20N4O4/c21-15-1-2-17-16(12-15)24(13-19(25)23-7-9-27-10-8-23)20(26)18(28-17)11-14-3-5-22-6-4-14/h1-6,11-12H,7-10,13,21H2/b18-11+. The highest BCUT2D eigenvalue weighted by molar-refractivity contribution is 6.12. The molecule has 1 saturated heterocycles. The third-order valence-corrected chi connectivity index (χ3v) is 4.61. The van der Waals surface area contributed by atoms with Crippen LogP contribution in [-0.2, 0) is 14.3 Å². The first-order valence-electron chi connectivity index (χ1n) is 8.98. The molecule has 2 N–H and O–H groups in total. The minimum Gasteiger partial charge on any atom is -0.449 e. The van der Waals surface area contributed by atoms with E-state index in [-0.39, 0.29) is 18.2 Å². The minimum absolute atomic E-state index is 0.0909. The van der Waals surface area contributed by atoms with Crippen molar-refractivity contribution in [2.24, 2.45) is 0 Å². The van der Waals surface area contributed by atoms with Gasteiger partial charge in [0.15, 0.2) is 11.5 Å². The molecule has 2 aliphatic rings. The normalized spacial score (nSPS) is 18.0. The fraction of sp³-hybridized carbons (Fsp3) is 0.250.